The van der Waals surface area contributed by atoms with Crippen molar-refractivity contribution in [3.63, 3.8) is 0 Å². The number of hydrogen-bond donors (Lipinski definition) is 0. The molecule has 0 saturated carbocycles. The minimum absolute atomic E-state index is 0. The van der Waals surface area contributed by atoms with Crippen LogP contribution in [0.25, 0.3) is 0 Å². The molecule has 0 fully saturated rings. The van der Waals surface area contributed by atoms with E-state index in [1.54, 1.807) is 0 Å². The predicted octanol–water partition coefficient (Wildman–Crippen LogP) is -1.83. The van der Waals surface area contributed by atoms with Crippen LogP contribution in [0.3, 0.4) is 0 Å². The van der Waals surface area contributed by atoms with Gasteiger partial charge in [0.15, 0.2) is 0 Å². The van der Waals surface area contributed by atoms with Crippen molar-refractivity contribution in [1.29, 1.82) is 0 Å². The van der Waals surface area contributed by atoms with Crippen molar-refractivity contribution in [2.24, 2.45) is 0 Å². The summed E-state index contributed by atoms with van der Waals surface area (Å²) in [4.78, 5) is 0. The maximum absolute atomic E-state index is 2.00. The van der Waals surface area contributed by atoms with E-state index in [-0.39, 0.29) is 57.9 Å². The van der Waals surface area contributed by atoms with E-state index in [1.807, 2.05) is 15.5 Å². The van der Waals surface area contributed by atoms with E-state index < -0.39 is 0 Å². The van der Waals surface area contributed by atoms with Gasteiger partial charge in [0.25, 0.3) is 0 Å². The van der Waals surface area contributed by atoms with Crippen LogP contribution in [0, 0.1) is 40.8 Å². The molecule has 0 amide bonds. The normalized spacial score (nSPS) is 1.00. The molecule has 0 aliphatic heterocycles. The summed E-state index contributed by atoms with van der Waals surface area (Å²) < 4.78 is 0. The molecule has 22 valence electrons. The van der Waals surface area contributed by atoms with Crippen LogP contribution < -0.4 is 0 Å². The van der Waals surface area contributed by atoms with Crippen molar-refractivity contribution in [3.8, 4) is 0 Å². The van der Waals surface area contributed by atoms with Gasteiger partial charge in [-0.05, 0) is 0 Å². The topological polar surface area (TPSA) is 0 Å². The van der Waals surface area contributed by atoms with Crippen LogP contribution in [0.4, 0.5) is 0 Å². The van der Waals surface area contributed by atoms with E-state index in [2.05, 4.69) is 0 Å². The quantitative estimate of drug-likeness (QED) is 0.426. The first-order valence-electron chi connectivity index (χ1n) is 1.00. The standard InChI is InChI=1S/B2H4.Fe.Nd/c1-2;;/h1-2H2;;. The van der Waals surface area contributed by atoms with E-state index >= 15 is 0 Å². The van der Waals surface area contributed by atoms with Crippen LogP contribution in [-0.4, -0.2) is 15.5 Å². The Morgan fingerprint density at radius 1 is 1.00 bits per heavy atom. The summed E-state index contributed by atoms with van der Waals surface area (Å²) in [7, 11) is 4.00. The first-order valence-corrected chi connectivity index (χ1v) is 1.00. The summed E-state index contributed by atoms with van der Waals surface area (Å²) in [5.41, 5.74) is 0. The molecule has 0 radical (unpaired) electrons. The molecular formula is H4B2FeNd. The molecule has 0 atom stereocenters. The molecule has 0 aliphatic carbocycles. The molecule has 0 spiro atoms. The molecule has 0 aliphatic rings. The van der Waals surface area contributed by atoms with Crippen LogP contribution in [-0.2, 0) is 17.1 Å². The number of hydrogen-bond acceptors (Lipinski definition) is 0. The van der Waals surface area contributed by atoms with E-state index in [4.69, 9.17) is 0 Å². The van der Waals surface area contributed by atoms with Crippen molar-refractivity contribution in [1.82, 2.24) is 0 Å². The zero-order chi connectivity index (χ0) is 2.00. The van der Waals surface area contributed by atoms with Gasteiger partial charge < -0.3 is 0 Å². The summed E-state index contributed by atoms with van der Waals surface area (Å²) >= 11 is 0. The monoisotopic (exact) mass is 224 g/mol. The van der Waals surface area contributed by atoms with E-state index in [1.165, 1.54) is 0 Å². The van der Waals surface area contributed by atoms with Crippen LogP contribution in [0.15, 0.2) is 0 Å². The Balaban J connectivity index is -0.00000000500. The van der Waals surface area contributed by atoms with Crippen molar-refractivity contribution < 1.29 is 57.9 Å². The van der Waals surface area contributed by atoms with Gasteiger partial charge in [-0.3, -0.25) is 0 Å². The molecular weight excluding hydrogens is 222 g/mol. The van der Waals surface area contributed by atoms with Gasteiger partial charge in [-0.2, -0.15) is 0 Å². The van der Waals surface area contributed by atoms with Gasteiger partial charge in [-0.15, -0.1) is 0 Å². The Kier molecular flexibility index (Phi) is 83.3. The smallest absolute Gasteiger partial charge is 0 e. The Morgan fingerprint density at radius 3 is 1.00 bits per heavy atom. The Bertz CT molecular complexity index is 6.00. The molecule has 0 N–H and O–H groups in total. The maximum atomic E-state index is 2.00. The van der Waals surface area contributed by atoms with Crippen molar-refractivity contribution in [2.45, 2.75) is 0 Å². The number of rotatable bonds is 0. The van der Waals surface area contributed by atoms with E-state index in [9.17, 15) is 0 Å². The van der Waals surface area contributed by atoms with E-state index in [0.717, 1.165) is 0 Å². The predicted molar refractivity (Wildman–Crippen MR) is 17.1 cm³/mol. The third kappa shape index (κ3) is 9.00. The summed E-state index contributed by atoms with van der Waals surface area (Å²) in [6, 6.07) is 0. The van der Waals surface area contributed by atoms with Gasteiger partial charge in [0, 0.05) is 57.9 Å². The fourth-order valence-electron chi connectivity index (χ4n) is 0. The average molecular weight is 226 g/mol. The van der Waals surface area contributed by atoms with Crippen LogP contribution in [0.2, 0.25) is 0 Å². The first kappa shape index (κ1) is 16.7. The maximum Gasteiger partial charge on any atom is 0.0643 e. The largest absolute Gasteiger partial charge is 0.0643 e. The summed E-state index contributed by atoms with van der Waals surface area (Å²) in [5, 5.41) is 0. The average Bonchev–Trinajstić information content (AvgIpc) is 1.00. The Labute approximate surface area is 72.3 Å². The summed E-state index contributed by atoms with van der Waals surface area (Å²) in [5.74, 6) is 0. The van der Waals surface area contributed by atoms with Crippen molar-refractivity contribution in [3.05, 3.63) is 0 Å². The van der Waals surface area contributed by atoms with Gasteiger partial charge >= 0.3 is 0 Å². The second kappa shape index (κ2) is 20.0. The molecule has 0 unspecified atom stereocenters. The van der Waals surface area contributed by atoms with Crippen LogP contribution in [0.1, 0.15) is 0 Å². The zero-order valence-corrected chi connectivity index (χ0v) is 7.17. The molecule has 0 rings (SSSR count). The fourth-order valence-corrected chi connectivity index (χ4v) is 0. The van der Waals surface area contributed by atoms with Gasteiger partial charge in [0.1, 0.15) is 0 Å². The van der Waals surface area contributed by atoms with Crippen LogP contribution in [0.5, 0.6) is 0 Å². The van der Waals surface area contributed by atoms with Crippen molar-refractivity contribution >= 4 is 15.5 Å². The molecule has 0 saturated heterocycles. The minimum atomic E-state index is 0. The second-order valence-corrected chi connectivity index (χ2v) is 0. The van der Waals surface area contributed by atoms with Crippen molar-refractivity contribution in [2.75, 3.05) is 0 Å². The molecule has 0 nitrogen and oxygen atoms in total. The third-order valence-corrected chi connectivity index (χ3v) is 0. The van der Waals surface area contributed by atoms with Gasteiger partial charge in [-0.1, -0.05) is 0 Å². The molecule has 4 heavy (non-hydrogen) atoms. The van der Waals surface area contributed by atoms with Gasteiger partial charge in [-0.25, -0.2) is 0 Å². The van der Waals surface area contributed by atoms with E-state index in [0.29, 0.717) is 0 Å². The fraction of sp³-hybridized carbons (Fsp3) is 0. The molecule has 4 heteroatoms. The Morgan fingerprint density at radius 2 is 1.00 bits per heavy atom. The molecule has 0 bridgehead atoms. The minimum Gasteiger partial charge on any atom is 0 e. The summed E-state index contributed by atoms with van der Waals surface area (Å²) in [6.07, 6.45) is 0. The molecule has 0 aromatic heterocycles. The Hall–Kier alpha value is 2.00. The molecule has 0 heterocycles. The van der Waals surface area contributed by atoms with Gasteiger partial charge in [0.05, 0.1) is 15.5 Å². The van der Waals surface area contributed by atoms with Crippen LogP contribution >= 0.6 is 0 Å². The third-order valence-electron chi connectivity index (χ3n) is 0. The molecule has 0 aromatic rings. The zero-order valence-electron chi connectivity index (χ0n) is 2.85. The SMILES string of the molecule is BB.[Fe].[Nd]. The molecule has 0 aromatic carbocycles. The first-order chi connectivity index (χ1) is 1.00. The summed E-state index contributed by atoms with van der Waals surface area (Å²) in [6.45, 7) is 0. The van der Waals surface area contributed by atoms with Gasteiger partial charge in [0.2, 0.25) is 0 Å². The second-order valence-electron chi connectivity index (χ2n) is 0.